The van der Waals surface area contributed by atoms with Gasteiger partial charge in [-0.15, -0.1) is 0 Å². The van der Waals surface area contributed by atoms with Gasteiger partial charge in [-0.25, -0.2) is 0 Å². The molecule has 2 aliphatic rings. The summed E-state index contributed by atoms with van der Waals surface area (Å²) in [4.78, 5) is 2.64. The molecule has 2 fully saturated rings. The van der Waals surface area contributed by atoms with E-state index in [4.69, 9.17) is 0 Å². The van der Waals surface area contributed by atoms with Crippen molar-refractivity contribution in [2.45, 2.75) is 89.3 Å². The Hall–Kier alpha value is -0.590. The van der Waals surface area contributed by atoms with Crippen LogP contribution in [0.5, 0.6) is 0 Å². The molecule has 3 nitrogen and oxygen atoms in total. The third-order valence-electron chi connectivity index (χ3n) is 5.17. The third kappa shape index (κ3) is 4.20. The van der Waals surface area contributed by atoms with Crippen LogP contribution < -0.4 is 5.32 Å². The molecule has 0 heterocycles. The molecule has 2 aliphatic carbocycles. The minimum atomic E-state index is -0.268. The summed E-state index contributed by atoms with van der Waals surface area (Å²) < 4.78 is 0. The van der Waals surface area contributed by atoms with Crippen LogP contribution >= 0.6 is 0 Å². The van der Waals surface area contributed by atoms with Gasteiger partial charge < -0.3 is 4.90 Å². The van der Waals surface area contributed by atoms with E-state index in [2.05, 4.69) is 30.1 Å². The van der Waals surface area contributed by atoms with Gasteiger partial charge in [-0.1, -0.05) is 26.7 Å². The minimum absolute atomic E-state index is 0.268. The van der Waals surface area contributed by atoms with Crippen molar-refractivity contribution in [2.75, 3.05) is 13.1 Å². The Balaban J connectivity index is 1.77. The van der Waals surface area contributed by atoms with Crippen LogP contribution in [0.3, 0.4) is 0 Å². The molecule has 0 amide bonds. The lowest BCUT2D eigenvalue weighted by molar-refractivity contribution is 0.197. The molecule has 2 rings (SSSR count). The first kappa shape index (κ1) is 15.8. The number of hydrogen-bond acceptors (Lipinski definition) is 3. The lowest BCUT2D eigenvalue weighted by Crippen LogP contribution is -2.45. The molecule has 2 saturated carbocycles. The van der Waals surface area contributed by atoms with Crippen LogP contribution in [0.2, 0.25) is 0 Å². The maximum atomic E-state index is 9.56. The van der Waals surface area contributed by atoms with Gasteiger partial charge in [0.05, 0.1) is 6.07 Å². The number of nitriles is 1. The Morgan fingerprint density at radius 3 is 2.40 bits per heavy atom. The molecule has 0 aromatic carbocycles. The van der Waals surface area contributed by atoms with Crippen LogP contribution in [-0.4, -0.2) is 35.6 Å². The monoisotopic (exact) mass is 277 g/mol. The average molecular weight is 277 g/mol. The topological polar surface area (TPSA) is 39.1 Å². The van der Waals surface area contributed by atoms with E-state index in [1.54, 1.807) is 0 Å². The quantitative estimate of drug-likeness (QED) is 0.701. The maximum Gasteiger partial charge on any atom is 0.106 e. The predicted octanol–water partition coefficient (Wildman–Crippen LogP) is 3.46. The number of nitrogens with zero attached hydrogens (tertiary/aromatic N) is 2. The molecule has 0 saturated heterocycles. The molecular formula is C17H31N3. The first-order chi connectivity index (χ1) is 9.73. The fourth-order valence-corrected chi connectivity index (χ4v) is 3.59. The fraction of sp³-hybridized carbons (Fsp3) is 0.941. The Bertz CT molecular complexity index is 326. The highest BCUT2D eigenvalue weighted by Gasteiger charge is 2.34. The van der Waals surface area contributed by atoms with Crippen LogP contribution in [-0.2, 0) is 0 Å². The molecule has 0 aromatic heterocycles. The average Bonchev–Trinajstić information content (AvgIpc) is 3.12. The van der Waals surface area contributed by atoms with E-state index in [-0.39, 0.29) is 5.54 Å². The second-order valence-corrected chi connectivity index (χ2v) is 6.64. The molecule has 0 bridgehead atoms. The molecule has 0 radical (unpaired) electrons. The summed E-state index contributed by atoms with van der Waals surface area (Å²) in [5.74, 6) is 0. The van der Waals surface area contributed by atoms with Crippen molar-refractivity contribution in [3.63, 3.8) is 0 Å². The first-order valence-corrected chi connectivity index (χ1v) is 8.66. The Kier molecular flexibility index (Phi) is 5.86. The zero-order valence-corrected chi connectivity index (χ0v) is 13.3. The minimum Gasteiger partial charge on any atom is -0.301 e. The fourth-order valence-electron chi connectivity index (χ4n) is 3.59. The standard InChI is InChI=1S/C17H31N3/c1-3-17(14-18,19-15-10-11-15)12-7-13-20(4-2)16-8-5-6-9-16/h15-16,19H,3-13H2,1-2H3. The first-order valence-electron chi connectivity index (χ1n) is 8.66. The highest BCUT2D eigenvalue weighted by Crippen LogP contribution is 2.28. The van der Waals surface area contributed by atoms with Crippen LogP contribution in [0.25, 0.3) is 0 Å². The molecule has 0 aromatic rings. The molecule has 1 N–H and O–H groups in total. The smallest absolute Gasteiger partial charge is 0.106 e. The van der Waals surface area contributed by atoms with Gasteiger partial charge in [0, 0.05) is 12.1 Å². The normalized spacial score (nSPS) is 22.9. The van der Waals surface area contributed by atoms with Crippen LogP contribution in [0.15, 0.2) is 0 Å². The van der Waals surface area contributed by atoms with Crippen molar-refractivity contribution >= 4 is 0 Å². The van der Waals surface area contributed by atoms with E-state index in [1.165, 1.54) is 38.5 Å². The van der Waals surface area contributed by atoms with Gasteiger partial charge in [0.1, 0.15) is 5.54 Å². The zero-order chi connectivity index (χ0) is 14.4. The molecule has 1 unspecified atom stereocenters. The SMILES string of the molecule is CCN(CCCC(C#N)(CC)NC1CC1)C1CCCC1. The van der Waals surface area contributed by atoms with Gasteiger partial charge in [0.2, 0.25) is 0 Å². The van der Waals surface area contributed by atoms with Crippen molar-refractivity contribution in [1.82, 2.24) is 10.2 Å². The Morgan fingerprint density at radius 2 is 1.90 bits per heavy atom. The van der Waals surface area contributed by atoms with Crippen molar-refractivity contribution in [3.05, 3.63) is 0 Å². The van der Waals surface area contributed by atoms with Gasteiger partial charge in [0.25, 0.3) is 0 Å². The molecule has 20 heavy (non-hydrogen) atoms. The second kappa shape index (κ2) is 7.43. The second-order valence-electron chi connectivity index (χ2n) is 6.64. The summed E-state index contributed by atoms with van der Waals surface area (Å²) in [6.45, 7) is 6.74. The molecule has 0 spiro atoms. The largest absolute Gasteiger partial charge is 0.301 e. The van der Waals surface area contributed by atoms with E-state index >= 15 is 0 Å². The lowest BCUT2D eigenvalue weighted by Gasteiger charge is -2.31. The summed E-state index contributed by atoms with van der Waals surface area (Å²) in [7, 11) is 0. The van der Waals surface area contributed by atoms with Gasteiger partial charge in [-0.3, -0.25) is 5.32 Å². The van der Waals surface area contributed by atoms with Crippen LogP contribution in [0, 0.1) is 11.3 Å². The van der Waals surface area contributed by atoms with Gasteiger partial charge in [-0.05, 0) is 58.0 Å². The third-order valence-corrected chi connectivity index (χ3v) is 5.17. The van der Waals surface area contributed by atoms with E-state index < -0.39 is 0 Å². The zero-order valence-electron chi connectivity index (χ0n) is 13.3. The summed E-state index contributed by atoms with van der Waals surface area (Å²) in [5.41, 5.74) is -0.268. The Labute approximate surface area is 124 Å². The van der Waals surface area contributed by atoms with Gasteiger partial charge >= 0.3 is 0 Å². The maximum absolute atomic E-state index is 9.56. The van der Waals surface area contributed by atoms with Crippen molar-refractivity contribution in [3.8, 4) is 6.07 Å². The number of nitrogens with one attached hydrogen (secondary N) is 1. The number of rotatable bonds is 9. The van der Waals surface area contributed by atoms with Crippen LogP contribution in [0.4, 0.5) is 0 Å². The highest BCUT2D eigenvalue weighted by atomic mass is 15.1. The number of hydrogen-bond donors (Lipinski definition) is 1. The molecule has 0 aliphatic heterocycles. The highest BCUT2D eigenvalue weighted by molar-refractivity contribution is 5.09. The van der Waals surface area contributed by atoms with Gasteiger partial charge in [-0.2, -0.15) is 5.26 Å². The van der Waals surface area contributed by atoms with Crippen molar-refractivity contribution in [2.24, 2.45) is 0 Å². The molecule has 3 heteroatoms. The summed E-state index contributed by atoms with van der Waals surface area (Å²) in [6, 6.07) is 4.00. The van der Waals surface area contributed by atoms with E-state index in [1.807, 2.05) is 0 Å². The summed E-state index contributed by atoms with van der Waals surface area (Å²) >= 11 is 0. The summed E-state index contributed by atoms with van der Waals surface area (Å²) in [5, 5.41) is 13.1. The van der Waals surface area contributed by atoms with Gasteiger partial charge in [0.15, 0.2) is 0 Å². The molecule has 1 atom stereocenters. The van der Waals surface area contributed by atoms with E-state index in [0.717, 1.165) is 38.4 Å². The van der Waals surface area contributed by atoms with E-state index in [0.29, 0.717) is 6.04 Å². The van der Waals surface area contributed by atoms with Crippen molar-refractivity contribution < 1.29 is 0 Å². The van der Waals surface area contributed by atoms with Crippen LogP contribution in [0.1, 0.15) is 71.6 Å². The summed E-state index contributed by atoms with van der Waals surface area (Å²) in [6.07, 6.45) is 11.2. The Morgan fingerprint density at radius 1 is 1.20 bits per heavy atom. The van der Waals surface area contributed by atoms with E-state index in [9.17, 15) is 5.26 Å². The van der Waals surface area contributed by atoms with Crippen molar-refractivity contribution in [1.29, 1.82) is 5.26 Å². The molecular weight excluding hydrogens is 246 g/mol. The lowest BCUT2D eigenvalue weighted by atomic mass is 9.91. The molecule has 114 valence electrons. The predicted molar refractivity (Wildman–Crippen MR) is 83.5 cm³/mol.